The van der Waals surface area contributed by atoms with Crippen LogP contribution in [-0.4, -0.2) is 23.5 Å². The van der Waals surface area contributed by atoms with Gasteiger partial charge >= 0.3 is 0 Å². The summed E-state index contributed by atoms with van der Waals surface area (Å²) in [7, 11) is 0. The van der Waals surface area contributed by atoms with Crippen molar-refractivity contribution >= 4 is 53.4 Å². The molecule has 4 nitrogen and oxygen atoms in total. The highest BCUT2D eigenvalue weighted by molar-refractivity contribution is 7.20. The third-order valence-corrected chi connectivity index (χ3v) is 5.63. The van der Waals surface area contributed by atoms with E-state index in [-0.39, 0.29) is 36.8 Å². The van der Waals surface area contributed by atoms with Crippen molar-refractivity contribution in [2.45, 2.75) is 25.3 Å². The van der Waals surface area contributed by atoms with Crippen LogP contribution < -0.4 is 11.1 Å². The Hall–Kier alpha value is -0.660. The van der Waals surface area contributed by atoms with Gasteiger partial charge in [0.2, 0.25) is 0 Å². The van der Waals surface area contributed by atoms with E-state index in [2.05, 4.69) is 10.3 Å². The van der Waals surface area contributed by atoms with E-state index in [0.29, 0.717) is 18.2 Å². The highest BCUT2D eigenvalue weighted by Gasteiger charge is 2.28. The molecule has 0 aromatic carbocycles. The van der Waals surface area contributed by atoms with Crippen molar-refractivity contribution in [2.24, 2.45) is 11.7 Å². The molecule has 122 valence electrons. The van der Waals surface area contributed by atoms with E-state index < -0.39 is 0 Å². The Morgan fingerprint density at radius 1 is 1.36 bits per heavy atom. The lowest BCUT2D eigenvalue weighted by Gasteiger charge is -2.18. The lowest BCUT2D eigenvalue weighted by atomic mass is 10.0. The molecule has 3 N–H and O–H groups in total. The molecule has 1 aliphatic carbocycles. The van der Waals surface area contributed by atoms with E-state index >= 15 is 0 Å². The van der Waals surface area contributed by atoms with E-state index in [1.807, 2.05) is 22.9 Å². The van der Waals surface area contributed by atoms with Crippen LogP contribution in [0.1, 0.15) is 29.8 Å². The second kappa shape index (κ2) is 8.84. The Kier molecular flexibility index (Phi) is 7.79. The average Bonchev–Trinajstić information content (AvgIpc) is 3.19. The number of hydrogen-bond donors (Lipinski definition) is 2. The second-order valence-electron chi connectivity index (χ2n) is 5.02. The monoisotopic (exact) mass is 379 g/mol. The number of nitrogens with two attached hydrogens (primary N) is 1. The van der Waals surface area contributed by atoms with E-state index in [4.69, 9.17) is 5.73 Å². The van der Waals surface area contributed by atoms with E-state index in [1.165, 1.54) is 11.3 Å². The molecule has 0 aliphatic heterocycles. The van der Waals surface area contributed by atoms with Gasteiger partial charge < -0.3 is 11.1 Å². The largest absolute Gasteiger partial charge is 0.348 e. The number of carbonyl (C=O) groups excluding carboxylic acids is 1. The summed E-state index contributed by atoms with van der Waals surface area (Å²) in [5.74, 6) is 0.337. The molecule has 2 heterocycles. The summed E-state index contributed by atoms with van der Waals surface area (Å²) in [6.07, 6.45) is 3.28. The maximum atomic E-state index is 12.2. The van der Waals surface area contributed by atoms with Gasteiger partial charge in [-0.3, -0.25) is 4.79 Å². The van der Waals surface area contributed by atoms with Gasteiger partial charge in [0.15, 0.2) is 0 Å². The Morgan fingerprint density at radius 3 is 2.86 bits per heavy atom. The molecular weight excluding hydrogens is 361 g/mol. The molecular formula is C14H19Cl2N3OS2. The van der Waals surface area contributed by atoms with Crippen LogP contribution in [0.15, 0.2) is 22.9 Å². The molecule has 1 saturated carbocycles. The van der Waals surface area contributed by atoms with Crippen LogP contribution in [0.2, 0.25) is 0 Å². The summed E-state index contributed by atoms with van der Waals surface area (Å²) in [5, 5.41) is 7.84. The predicted octanol–water partition coefficient (Wildman–Crippen LogP) is 3.57. The molecule has 1 fully saturated rings. The number of amides is 1. The molecule has 2 unspecified atom stereocenters. The maximum absolute atomic E-state index is 12.2. The van der Waals surface area contributed by atoms with Crippen molar-refractivity contribution in [3.05, 3.63) is 28.6 Å². The van der Waals surface area contributed by atoms with Crippen LogP contribution >= 0.6 is 47.5 Å². The first-order valence-corrected chi connectivity index (χ1v) is 8.54. The van der Waals surface area contributed by atoms with Crippen molar-refractivity contribution in [3.8, 4) is 9.88 Å². The fraction of sp³-hybridized carbons (Fsp3) is 0.429. The first-order chi connectivity index (χ1) is 9.78. The zero-order valence-corrected chi connectivity index (χ0v) is 15.1. The number of nitrogens with zero attached hydrogens (tertiary/aromatic N) is 1. The number of rotatable bonds is 4. The van der Waals surface area contributed by atoms with Crippen molar-refractivity contribution in [2.75, 3.05) is 6.54 Å². The number of thiazole rings is 1. The summed E-state index contributed by atoms with van der Waals surface area (Å²) in [6, 6.07) is 4.22. The molecule has 3 rings (SSSR count). The van der Waals surface area contributed by atoms with Crippen LogP contribution in [0.3, 0.4) is 0 Å². The van der Waals surface area contributed by atoms with Gasteiger partial charge in [-0.05, 0) is 36.8 Å². The molecule has 1 amide bonds. The average molecular weight is 380 g/mol. The number of aromatic nitrogens is 1. The van der Waals surface area contributed by atoms with Gasteiger partial charge in [0.25, 0.3) is 5.91 Å². The molecule has 2 aromatic heterocycles. The first kappa shape index (κ1) is 19.4. The third-order valence-electron chi connectivity index (χ3n) is 3.75. The SMILES string of the molecule is Cl.Cl.NCC1CCCC1NC(=O)c1csc(-c2cccs2)n1. The second-order valence-corrected chi connectivity index (χ2v) is 6.83. The van der Waals surface area contributed by atoms with Gasteiger partial charge in [0.1, 0.15) is 10.7 Å². The first-order valence-electron chi connectivity index (χ1n) is 6.78. The topological polar surface area (TPSA) is 68.0 Å². The van der Waals surface area contributed by atoms with Gasteiger partial charge in [-0.15, -0.1) is 47.5 Å². The molecule has 0 spiro atoms. The van der Waals surface area contributed by atoms with E-state index in [1.54, 1.807) is 11.3 Å². The molecule has 8 heteroatoms. The summed E-state index contributed by atoms with van der Waals surface area (Å²) < 4.78 is 0. The highest BCUT2D eigenvalue weighted by atomic mass is 35.5. The molecule has 2 atom stereocenters. The quantitative estimate of drug-likeness (QED) is 0.852. The van der Waals surface area contributed by atoms with Crippen LogP contribution in [-0.2, 0) is 0 Å². The lowest BCUT2D eigenvalue weighted by molar-refractivity contribution is 0.0924. The van der Waals surface area contributed by atoms with Crippen LogP contribution in [0.25, 0.3) is 9.88 Å². The van der Waals surface area contributed by atoms with Gasteiger partial charge in [0, 0.05) is 11.4 Å². The lowest BCUT2D eigenvalue weighted by Crippen LogP contribution is -2.39. The molecule has 22 heavy (non-hydrogen) atoms. The maximum Gasteiger partial charge on any atom is 0.271 e. The van der Waals surface area contributed by atoms with Gasteiger partial charge in [0.05, 0.1) is 4.88 Å². The number of halogens is 2. The Morgan fingerprint density at radius 2 is 2.18 bits per heavy atom. The normalized spacial score (nSPS) is 20.0. The summed E-state index contributed by atoms with van der Waals surface area (Å²) in [4.78, 5) is 17.8. The van der Waals surface area contributed by atoms with Crippen LogP contribution in [0, 0.1) is 5.92 Å². The summed E-state index contributed by atoms with van der Waals surface area (Å²) in [6.45, 7) is 0.641. The van der Waals surface area contributed by atoms with Gasteiger partial charge in [-0.1, -0.05) is 12.5 Å². The molecule has 1 aliphatic rings. The minimum absolute atomic E-state index is 0. The number of nitrogens with one attached hydrogen (secondary N) is 1. The number of hydrogen-bond acceptors (Lipinski definition) is 5. The standard InChI is InChI=1S/C14H17N3OS2.2ClH/c15-7-9-3-1-4-10(9)16-13(18)11-8-20-14(17-11)12-5-2-6-19-12;;/h2,5-6,8-10H,1,3-4,7,15H2,(H,16,18);2*1H. The van der Waals surface area contributed by atoms with E-state index in [9.17, 15) is 4.79 Å². The van der Waals surface area contributed by atoms with Crippen molar-refractivity contribution in [1.82, 2.24) is 10.3 Å². The fourth-order valence-electron chi connectivity index (χ4n) is 2.64. The molecule has 0 saturated heterocycles. The van der Waals surface area contributed by atoms with Crippen molar-refractivity contribution < 1.29 is 4.79 Å². The third kappa shape index (κ3) is 4.20. The van der Waals surface area contributed by atoms with Crippen molar-refractivity contribution in [1.29, 1.82) is 0 Å². The summed E-state index contributed by atoms with van der Waals surface area (Å²) >= 11 is 3.15. The zero-order chi connectivity index (χ0) is 13.9. The smallest absolute Gasteiger partial charge is 0.271 e. The minimum atomic E-state index is -0.0746. The number of thiophene rings is 1. The summed E-state index contributed by atoms with van der Waals surface area (Å²) in [5.41, 5.74) is 6.26. The van der Waals surface area contributed by atoms with Crippen LogP contribution in [0.5, 0.6) is 0 Å². The molecule has 0 bridgehead atoms. The Balaban J connectivity index is 0.00000121. The van der Waals surface area contributed by atoms with Crippen molar-refractivity contribution in [3.63, 3.8) is 0 Å². The van der Waals surface area contributed by atoms with E-state index in [0.717, 1.165) is 29.1 Å². The zero-order valence-electron chi connectivity index (χ0n) is 11.9. The van der Waals surface area contributed by atoms with Gasteiger partial charge in [-0.25, -0.2) is 4.98 Å². The Bertz CT molecular complexity index is 589. The van der Waals surface area contributed by atoms with Gasteiger partial charge in [-0.2, -0.15) is 0 Å². The molecule has 0 radical (unpaired) electrons. The predicted molar refractivity (Wildman–Crippen MR) is 97.6 cm³/mol. The fourth-order valence-corrected chi connectivity index (χ4v) is 4.26. The minimum Gasteiger partial charge on any atom is -0.348 e. The van der Waals surface area contributed by atoms with Crippen LogP contribution in [0.4, 0.5) is 0 Å². The number of carbonyl (C=O) groups is 1. The highest BCUT2D eigenvalue weighted by Crippen LogP contribution is 2.28. The molecule has 2 aromatic rings. The Labute approximate surface area is 150 Å².